The summed E-state index contributed by atoms with van der Waals surface area (Å²) in [7, 11) is 3.48. The summed E-state index contributed by atoms with van der Waals surface area (Å²) in [4.78, 5) is 35.5. The van der Waals surface area contributed by atoms with Crippen LogP contribution < -0.4 is 5.32 Å². The third kappa shape index (κ3) is 5.81. The van der Waals surface area contributed by atoms with Gasteiger partial charge in [0, 0.05) is 57.6 Å². The van der Waals surface area contributed by atoms with E-state index in [1.807, 2.05) is 4.90 Å². The van der Waals surface area contributed by atoms with Crippen LogP contribution in [0.15, 0.2) is 22.5 Å². The van der Waals surface area contributed by atoms with Crippen LogP contribution in [0.2, 0.25) is 0 Å². The predicted molar refractivity (Wildman–Crippen MR) is 119 cm³/mol. The number of nitrogens with zero attached hydrogens (tertiary/aromatic N) is 4. The standard InChI is InChI=1S/C18H27N5O2S.HI/c1-21(2)17(25)12-20-18(19-8-7-15-4-3-11-26-15)22-9-10-23-14(13-22)5-6-16(23)24;/h3-4,11,14H,5-10,12-13H2,1-2H3,(H,19,20);1H. The first-order valence-electron chi connectivity index (χ1n) is 9.10. The van der Waals surface area contributed by atoms with Gasteiger partial charge in [0.1, 0.15) is 6.54 Å². The topological polar surface area (TPSA) is 68.2 Å². The monoisotopic (exact) mass is 505 g/mol. The number of halogens is 1. The minimum Gasteiger partial charge on any atom is -0.356 e. The van der Waals surface area contributed by atoms with E-state index in [9.17, 15) is 9.59 Å². The lowest BCUT2D eigenvalue weighted by molar-refractivity contribution is -0.130. The van der Waals surface area contributed by atoms with Crippen LogP contribution in [-0.4, -0.2) is 85.3 Å². The zero-order valence-electron chi connectivity index (χ0n) is 15.9. The van der Waals surface area contributed by atoms with Gasteiger partial charge in [-0.3, -0.25) is 9.59 Å². The van der Waals surface area contributed by atoms with E-state index in [0.29, 0.717) is 6.42 Å². The molecule has 0 aliphatic carbocycles. The summed E-state index contributed by atoms with van der Waals surface area (Å²) in [6.07, 6.45) is 2.49. The van der Waals surface area contributed by atoms with Crippen LogP contribution in [0.25, 0.3) is 0 Å². The zero-order valence-corrected chi connectivity index (χ0v) is 19.0. The molecule has 0 radical (unpaired) electrons. The lowest BCUT2D eigenvalue weighted by atomic mass is 10.1. The van der Waals surface area contributed by atoms with Gasteiger partial charge in [-0.05, 0) is 24.3 Å². The van der Waals surface area contributed by atoms with Gasteiger partial charge >= 0.3 is 0 Å². The molecule has 7 nitrogen and oxygen atoms in total. The van der Waals surface area contributed by atoms with Crippen LogP contribution in [0.1, 0.15) is 17.7 Å². The lowest BCUT2D eigenvalue weighted by Gasteiger charge is -2.39. The highest BCUT2D eigenvalue weighted by Crippen LogP contribution is 2.22. The fourth-order valence-electron chi connectivity index (χ4n) is 3.36. The van der Waals surface area contributed by atoms with Crippen molar-refractivity contribution in [3.05, 3.63) is 22.4 Å². The van der Waals surface area contributed by atoms with Gasteiger partial charge in [-0.1, -0.05) is 6.07 Å². The summed E-state index contributed by atoms with van der Waals surface area (Å²) < 4.78 is 0. The molecule has 150 valence electrons. The zero-order chi connectivity index (χ0) is 18.5. The number of guanidine groups is 1. The van der Waals surface area contributed by atoms with E-state index < -0.39 is 0 Å². The number of likely N-dealkylation sites (N-methyl/N-ethyl adjacent to an activating group) is 1. The van der Waals surface area contributed by atoms with Gasteiger partial charge in [0.2, 0.25) is 11.8 Å². The maximum absolute atomic E-state index is 11.9. The Labute approximate surface area is 181 Å². The number of rotatable bonds is 5. The molecule has 3 heterocycles. The number of amides is 2. The number of thiophene rings is 1. The van der Waals surface area contributed by atoms with Crippen molar-refractivity contribution in [3.8, 4) is 0 Å². The first-order valence-corrected chi connectivity index (χ1v) is 9.98. The van der Waals surface area contributed by atoms with Crippen LogP contribution in [0, 0.1) is 0 Å². The number of hydrogen-bond acceptors (Lipinski definition) is 4. The Hall–Kier alpha value is -1.36. The number of fused-ring (bicyclic) bond motifs is 1. The second-order valence-corrected chi connectivity index (χ2v) is 7.94. The molecule has 2 aliphatic rings. The summed E-state index contributed by atoms with van der Waals surface area (Å²) in [5.74, 6) is 1.02. The molecule has 0 spiro atoms. The van der Waals surface area contributed by atoms with E-state index >= 15 is 0 Å². The highest BCUT2D eigenvalue weighted by atomic mass is 127. The molecule has 2 fully saturated rings. The van der Waals surface area contributed by atoms with Gasteiger partial charge in [0.05, 0.1) is 0 Å². The Morgan fingerprint density at radius 3 is 2.93 bits per heavy atom. The van der Waals surface area contributed by atoms with E-state index in [2.05, 4.69) is 32.7 Å². The highest BCUT2D eigenvalue weighted by molar-refractivity contribution is 14.0. The van der Waals surface area contributed by atoms with E-state index in [1.165, 1.54) is 4.88 Å². The highest BCUT2D eigenvalue weighted by Gasteiger charge is 2.36. The number of carbonyl (C=O) groups is 2. The average molecular weight is 505 g/mol. The summed E-state index contributed by atoms with van der Waals surface area (Å²) >= 11 is 1.75. The van der Waals surface area contributed by atoms with Crippen LogP contribution in [0.5, 0.6) is 0 Å². The third-order valence-corrected chi connectivity index (χ3v) is 5.83. The molecule has 9 heteroatoms. The van der Waals surface area contributed by atoms with Crippen LogP contribution in [0.4, 0.5) is 0 Å². The Kier molecular flexibility index (Phi) is 8.33. The SMILES string of the molecule is CN(C)C(=O)CN=C(NCCc1cccs1)N1CCN2C(=O)CCC2C1.I. The predicted octanol–water partition coefficient (Wildman–Crippen LogP) is 1.25. The molecule has 1 N–H and O–H groups in total. The van der Waals surface area contributed by atoms with Crippen molar-refractivity contribution in [2.75, 3.05) is 46.8 Å². The van der Waals surface area contributed by atoms with E-state index in [-0.39, 0.29) is 48.4 Å². The fourth-order valence-corrected chi connectivity index (χ4v) is 4.07. The second-order valence-electron chi connectivity index (χ2n) is 6.91. The van der Waals surface area contributed by atoms with Crippen molar-refractivity contribution >= 4 is 53.1 Å². The molecule has 1 aromatic rings. The maximum atomic E-state index is 11.9. The molecule has 0 aromatic carbocycles. The fraction of sp³-hybridized carbons (Fsp3) is 0.611. The smallest absolute Gasteiger partial charge is 0.243 e. The third-order valence-electron chi connectivity index (χ3n) is 4.89. The van der Waals surface area contributed by atoms with Gasteiger partial charge in [-0.15, -0.1) is 35.3 Å². The minimum absolute atomic E-state index is 0. The van der Waals surface area contributed by atoms with Crippen molar-refractivity contribution in [1.82, 2.24) is 20.0 Å². The van der Waals surface area contributed by atoms with Gasteiger partial charge in [0.15, 0.2) is 5.96 Å². The van der Waals surface area contributed by atoms with Crippen molar-refractivity contribution in [2.24, 2.45) is 4.99 Å². The average Bonchev–Trinajstić information content (AvgIpc) is 3.27. The van der Waals surface area contributed by atoms with Crippen LogP contribution in [-0.2, 0) is 16.0 Å². The summed E-state index contributed by atoms with van der Waals surface area (Å²) in [5, 5.41) is 5.50. The molecule has 2 saturated heterocycles. The molecule has 27 heavy (non-hydrogen) atoms. The molecule has 1 unspecified atom stereocenters. The second kappa shape index (κ2) is 10.3. The molecule has 0 bridgehead atoms. The molecule has 1 aromatic heterocycles. The normalized spacial score (nSPS) is 19.6. The molecule has 2 aliphatic heterocycles. The first-order chi connectivity index (χ1) is 12.5. The first kappa shape index (κ1) is 21.9. The largest absolute Gasteiger partial charge is 0.356 e. The lowest BCUT2D eigenvalue weighted by Crippen LogP contribution is -2.56. The molecule has 2 amide bonds. The van der Waals surface area contributed by atoms with Crippen molar-refractivity contribution in [3.63, 3.8) is 0 Å². The number of piperazine rings is 1. The molecule has 3 rings (SSSR count). The molecule has 0 saturated carbocycles. The summed E-state index contributed by atoms with van der Waals surface area (Å²) in [6.45, 7) is 3.18. The minimum atomic E-state index is -0.0164. The van der Waals surface area contributed by atoms with E-state index in [1.54, 1.807) is 30.3 Å². The van der Waals surface area contributed by atoms with Crippen LogP contribution in [0.3, 0.4) is 0 Å². The molecular weight excluding hydrogens is 477 g/mol. The van der Waals surface area contributed by atoms with Crippen molar-refractivity contribution in [1.29, 1.82) is 0 Å². The Morgan fingerprint density at radius 1 is 1.41 bits per heavy atom. The summed E-state index contributed by atoms with van der Waals surface area (Å²) in [5.41, 5.74) is 0. The van der Waals surface area contributed by atoms with Gasteiger partial charge in [-0.2, -0.15) is 0 Å². The van der Waals surface area contributed by atoms with E-state index in [0.717, 1.165) is 45.0 Å². The van der Waals surface area contributed by atoms with Gasteiger partial charge < -0.3 is 20.0 Å². The number of aliphatic imine (C=N–C) groups is 1. The Morgan fingerprint density at radius 2 is 2.22 bits per heavy atom. The quantitative estimate of drug-likeness (QED) is 0.372. The van der Waals surface area contributed by atoms with E-state index in [4.69, 9.17) is 0 Å². The van der Waals surface area contributed by atoms with Crippen molar-refractivity contribution in [2.45, 2.75) is 25.3 Å². The number of hydrogen-bond donors (Lipinski definition) is 1. The Balaban J connectivity index is 0.00000261. The summed E-state index contributed by atoms with van der Waals surface area (Å²) in [6, 6.07) is 4.45. The molecular formula is C18H28IN5O2S. The van der Waals surface area contributed by atoms with Crippen molar-refractivity contribution < 1.29 is 9.59 Å². The maximum Gasteiger partial charge on any atom is 0.243 e. The van der Waals surface area contributed by atoms with Gasteiger partial charge in [0.25, 0.3) is 0 Å². The number of carbonyl (C=O) groups excluding carboxylic acids is 2. The van der Waals surface area contributed by atoms with Gasteiger partial charge in [-0.25, -0.2) is 4.99 Å². The Bertz CT molecular complexity index is 665. The number of nitrogens with one attached hydrogen (secondary N) is 1. The van der Waals surface area contributed by atoms with Crippen LogP contribution >= 0.6 is 35.3 Å². The molecule has 1 atom stereocenters.